The zero-order valence-corrected chi connectivity index (χ0v) is 26.5. The Labute approximate surface area is 274 Å². The third kappa shape index (κ3) is 3.76. The number of rotatable bonds is 3. The Kier molecular flexibility index (Phi) is 5.43. The SMILES string of the molecule is CC1(C)c2ccccc2-c2ccc(-c3cccc(-c4cccc5c4Cc4nc(-n6c7ccccc7c7ccccc76)ccc4-5)c3)cc21. The average Bonchev–Trinajstić information content (AvgIpc) is 3.74. The van der Waals surface area contributed by atoms with Gasteiger partial charge in [0.1, 0.15) is 5.82 Å². The highest BCUT2D eigenvalue weighted by atomic mass is 15.1. The molecule has 47 heavy (non-hydrogen) atoms. The summed E-state index contributed by atoms with van der Waals surface area (Å²) in [5.41, 5.74) is 18.0. The zero-order valence-electron chi connectivity index (χ0n) is 26.5. The van der Waals surface area contributed by atoms with Gasteiger partial charge in [0, 0.05) is 28.2 Å². The largest absolute Gasteiger partial charge is 0.294 e. The van der Waals surface area contributed by atoms with Crippen molar-refractivity contribution in [3.05, 3.63) is 168 Å². The number of pyridine rings is 1. The molecule has 0 N–H and O–H groups in total. The molecule has 2 heteroatoms. The van der Waals surface area contributed by atoms with Gasteiger partial charge in [-0.25, -0.2) is 4.98 Å². The second kappa shape index (κ2) is 9.64. The summed E-state index contributed by atoms with van der Waals surface area (Å²) in [7, 11) is 0. The number of fused-ring (bicyclic) bond motifs is 9. The van der Waals surface area contributed by atoms with Gasteiger partial charge in [-0.2, -0.15) is 0 Å². The lowest BCUT2D eigenvalue weighted by atomic mass is 9.81. The number of hydrogen-bond acceptors (Lipinski definition) is 1. The van der Waals surface area contributed by atoms with E-state index in [0.717, 1.165) is 17.9 Å². The number of hydrogen-bond donors (Lipinski definition) is 0. The quantitative estimate of drug-likeness (QED) is 0.197. The van der Waals surface area contributed by atoms with Gasteiger partial charge in [0.25, 0.3) is 0 Å². The molecule has 222 valence electrons. The van der Waals surface area contributed by atoms with Crippen molar-refractivity contribution in [2.24, 2.45) is 0 Å². The number of para-hydroxylation sites is 2. The minimum atomic E-state index is -0.0172. The first-order valence-corrected chi connectivity index (χ1v) is 16.5. The predicted octanol–water partition coefficient (Wildman–Crippen LogP) is 11.4. The van der Waals surface area contributed by atoms with Crippen molar-refractivity contribution in [2.45, 2.75) is 25.7 Å². The molecule has 0 atom stereocenters. The van der Waals surface area contributed by atoms with E-state index in [4.69, 9.17) is 4.98 Å². The Hall–Kier alpha value is -5.73. The average molecular weight is 601 g/mol. The van der Waals surface area contributed by atoms with Crippen molar-refractivity contribution in [1.29, 1.82) is 0 Å². The monoisotopic (exact) mass is 600 g/mol. The third-order valence-electron chi connectivity index (χ3n) is 10.7. The van der Waals surface area contributed by atoms with E-state index < -0.39 is 0 Å². The van der Waals surface area contributed by atoms with E-state index in [1.54, 1.807) is 0 Å². The molecule has 0 unspecified atom stereocenters. The molecular weight excluding hydrogens is 569 g/mol. The fourth-order valence-electron chi connectivity index (χ4n) is 8.38. The highest BCUT2D eigenvalue weighted by Gasteiger charge is 2.35. The van der Waals surface area contributed by atoms with Gasteiger partial charge in [0.15, 0.2) is 0 Å². The minimum absolute atomic E-state index is 0.0172. The molecule has 0 aliphatic heterocycles. The standard InChI is InChI=1S/C45H32N2/c1-45(2)39-18-6-3-13-33(39)34-22-21-29(26-40(34)45)28-11-9-12-30(25-28)31-16-10-17-32-35-23-24-44(46-41(35)27-38(31)32)47-42-19-7-4-14-36(42)37-15-5-8-20-43(37)47/h3-26H,27H2,1-2H3. The van der Waals surface area contributed by atoms with Crippen LogP contribution in [0.5, 0.6) is 0 Å². The fourth-order valence-corrected chi connectivity index (χ4v) is 8.38. The summed E-state index contributed by atoms with van der Waals surface area (Å²) in [6.45, 7) is 4.70. The van der Waals surface area contributed by atoms with Crippen molar-refractivity contribution in [3.8, 4) is 50.3 Å². The molecule has 0 spiro atoms. The van der Waals surface area contributed by atoms with E-state index >= 15 is 0 Å². The molecule has 2 aromatic heterocycles. The molecule has 2 aliphatic rings. The highest BCUT2D eigenvalue weighted by molar-refractivity contribution is 6.09. The molecule has 8 aromatic rings. The molecule has 2 nitrogen and oxygen atoms in total. The van der Waals surface area contributed by atoms with E-state index in [9.17, 15) is 0 Å². The van der Waals surface area contributed by atoms with Gasteiger partial charge in [-0.1, -0.05) is 123 Å². The summed E-state index contributed by atoms with van der Waals surface area (Å²) in [5, 5.41) is 2.51. The maximum Gasteiger partial charge on any atom is 0.137 e. The lowest BCUT2D eigenvalue weighted by Crippen LogP contribution is -2.14. The van der Waals surface area contributed by atoms with E-state index in [1.165, 1.54) is 83.0 Å². The topological polar surface area (TPSA) is 17.8 Å². The molecule has 0 saturated heterocycles. The van der Waals surface area contributed by atoms with Crippen LogP contribution in [0.2, 0.25) is 0 Å². The van der Waals surface area contributed by atoms with Gasteiger partial charge in [-0.15, -0.1) is 0 Å². The normalized spacial score (nSPS) is 13.8. The molecule has 0 bridgehead atoms. The molecule has 0 amide bonds. The molecule has 2 aliphatic carbocycles. The van der Waals surface area contributed by atoms with Crippen LogP contribution in [-0.4, -0.2) is 9.55 Å². The molecule has 0 saturated carbocycles. The minimum Gasteiger partial charge on any atom is -0.294 e. The van der Waals surface area contributed by atoms with Crippen molar-refractivity contribution < 1.29 is 0 Å². The van der Waals surface area contributed by atoms with Crippen molar-refractivity contribution in [2.75, 3.05) is 0 Å². The Bertz CT molecular complexity index is 2530. The van der Waals surface area contributed by atoms with Crippen molar-refractivity contribution in [3.63, 3.8) is 0 Å². The van der Waals surface area contributed by atoms with Crippen LogP contribution in [0.25, 0.3) is 72.1 Å². The van der Waals surface area contributed by atoms with Gasteiger partial charge in [-0.3, -0.25) is 4.57 Å². The van der Waals surface area contributed by atoms with Crippen LogP contribution < -0.4 is 0 Å². The fraction of sp³-hybridized carbons (Fsp3) is 0.0889. The Morgan fingerprint density at radius 2 is 1.11 bits per heavy atom. The number of aromatic nitrogens is 2. The van der Waals surface area contributed by atoms with E-state index in [2.05, 4.69) is 164 Å². The molecule has 0 fully saturated rings. The Morgan fingerprint density at radius 3 is 1.94 bits per heavy atom. The van der Waals surface area contributed by atoms with Crippen LogP contribution >= 0.6 is 0 Å². The molecule has 2 heterocycles. The first-order chi connectivity index (χ1) is 23.1. The van der Waals surface area contributed by atoms with Gasteiger partial charge >= 0.3 is 0 Å². The smallest absolute Gasteiger partial charge is 0.137 e. The van der Waals surface area contributed by atoms with E-state index in [-0.39, 0.29) is 5.41 Å². The lowest BCUT2D eigenvalue weighted by Gasteiger charge is -2.22. The van der Waals surface area contributed by atoms with Gasteiger partial charge in [0.2, 0.25) is 0 Å². The molecule has 6 aromatic carbocycles. The highest BCUT2D eigenvalue weighted by Crippen LogP contribution is 2.50. The first-order valence-electron chi connectivity index (χ1n) is 16.5. The summed E-state index contributed by atoms with van der Waals surface area (Å²) < 4.78 is 2.31. The Morgan fingerprint density at radius 1 is 0.489 bits per heavy atom. The van der Waals surface area contributed by atoms with E-state index in [1.807, 2.05) is 0 Å². The van der Waals surface area contributed by atoms with Crippen molar-refractivity contribution >= 4 is 21.8 Å². The summed E-state index contributed by atoms with van der Waals surface area (Å²) in [4.78, 5) is 5.34. The van der Waals surface area contributed by atoms with Crippen LogP contribution in [0.1, 0.15) is 36.2 Å². The number of nitrogens with zero attached hydrogens (tertiary/aromatic N) is 2. The van der Waals surface area contributed by atoms with E-state index in [0.29, 0.717) is 0 Å². The second-order valence-electron chi connectivity index (χ2n) is 13.6. The van der Waals surface area contributed by atoms with Gasteiger partial charge < -0.3 is 0 Å². The molecule has 10 rings (SSSR count). The lowest BCUT2D eigenvalue weighted by molar-refractivity contribution is 0.660. The predicted molar refractivity (Wildman–Crippen MR) is 195 cm³/mol. The van der Waals surface area contributed by atoms with Crippen LogP contribution in [0.3, 0.4) is 0 Å². The summed E-state index contributed by atoms with van der Waals surface area (Å²) in [6, 6.07) is 53.4. The number of benzene rings is 6. The summed E-state index contributed by atoms with van der Waals surface area (Å²) in [5.74, 6) is 0.971. The maximum atomic E-state index is 5.34. The first kappa shape index (κ1) is 26.5. The summed E-state index contributed by atoms with van der Waals surface area (Å²) in [6.07, 6.45) is 0.821. The second-order valence-corrected chi connectivity index (χ2v) is 13.6. The summed E-state index contributed by atoms with van der Waals surface area (Å²) >= 11 is 0. The van der Waals surface area contributed by atoms with Crippen LogP contribution in [0.4, 0.5) is 0 Å². The van der Waals surface area contributed by atoms with Gasteiger partial charge in [-0.05, 0) is 92.0 Å². The Balaban J connectivity index is 1.04. The van der Waals surface area contributed by atoms with Crippen LogP contribution in [0.15, 0.2) is 146 Å². The molecule has 0 radical (unpaired) electrons. The zero-order chi connectivity index (χ0) is 31.3. The maximum absolute atomic E-state index is 5.34. The molecular formula is C45H32N2. The third-order valence-corrected chi connectivity index (χ3v) is 10.7. The van der Waals surface area contributed by atoms with Crippen LogP contribution in [-0.2, 0) is 11.8 Å². The van der Waals surface area contributed by atoms with Crippen LogP contribution in [0, 0.1) is 0 Å². The van der Waals surface area contributed by atoms with Gasteiger partial charge in [0.05, 0.1) is 16.7 Å². The van der Waals surface area contributed by atoms with Crippen molar-refractivity contribution in [1.82, 2.24) is 9.55 Å².